The second kappa shape index (κ2) is 15.3. The normalized spacial score (nSPS) is 39.8. The van der Waals surface area contributed by atoms with E-state index in [4.69, 9.17) is 23.7 Å². The van der Waals surface area contributed by atoms with Crippen molar-refractivity contribution in [2.75, 3.05) is 81.7 Å². The highest BCUT2D eigenvalue weighted by Crippen LogP contribution is 2.82. The highest BCUT2D eigenvalue weighted by molar-refractivity contribution is 5.93. The Balaban J connectivity index is 1.24. The van der Waals surface area contributed by atoms with Crippen LogP contribution in [0.4, 0.5) is 0 Å². The first-order chi connectivity index (χ1) is 31.1. The number of benzene rings is 1. The van der Waals surface area contributed by atoms with Gasteiger partial charge in [0.15, 0.2) is 11.8 Å². The molecule has 6 aliphatic heterocycles. The maximum absolute atomic E-state index is 15.6. The monoisotopic (exact) mass is 891 g/mol. The molecule has 1 aromatic heterocycles. The van der Waals surface area contributed by atoms with Crippen molar-refractivity contribution >= 4 is 28.8 Å². The Morgan fingerprint density at radius 2 is 1.83 bits per heavy atom. The summed E-state index contributed by atoms with van der Waals surface area (Å²) in [5.74, 6) is 4.50. The van der Waals surface area contributed by atoms with Crippen molar-refractivity contribution in [1.29, 1.82) is 0 Å². The van der Waals surface area contributed by atoms with E-state index in [1.165, 1.54) is 21.1 Å². The second-order valence-electron chi connectivity index (χ2n) is 20.4. The Bertz CT molecular complexity index is 2500. The molecule has 2 aromatic rings. The van der Waals surface area contributed by atoms with Crippen LogP contribution in [0.2, 0.25) is 0 Å². The Morgan fingerprint density at radius 1 is 1.05 bits per heavy atom. The molecule has 1 aromatic carbocycles. The molecule has 4 saturated heterocycles. The van der Waals surface area contributed by atoms with E-state index in [9.17, 15) is 14.7 Å². The SMILES string of the molecule is CC[C@]1(O)C[C@H]2CN(CCc3c([nH]c4ccc(C#CCN(C)C)cc34)[C@@](C(=O)OC)(C3C=C4C(=CC3OC)N(C)[C@@]35O[C@]3(C(=O)OC)[C@H](OC(C)=O)[C@]3(CC)C=CCN6CC[C@]45[C@@H]63)C2)C1. The van der Waals surface area contributed by atoms with Gasteiger partial charge in [0.25, 0.3) is 5.60 Å². The van der Waals surface area contributed by atoms with Gasteiger partial charge < -0.3 is 38.7 Å². The molecule has 5 fully saturated rings. The number of likely N-dealkylation sites (N-methyl/N-ethyl adjacent to an activating group) is 1. The largest absolute Gasteiger partial charge is 0.468 e. The number of methoxy groups -OCH3 is 3. The molecule has 10 rings (SSSR count). The van der Waals surface area contributed by atoms with Crippen LogP contribution in [0.25, 0.3) is 10.9 Å². The zero-order valence-corrected chi connectivity index (χ0v) is 39.4. The number of H-pyrrole nitrogens is 1. The first kappa shape index (κ1) is 44.4. The van der Waals surface area contributed by atoms with Crippen LogP contribution in [0.5, 0.6) is 0 Å². The maximum atomic E-state index is 15.6. The molecular weight excluding hydrogens is 827 g/mol. The summed E-state index contributed by atoms with van der Waals surface area (Å²) < 4.78 is 31.9. The molecule has 2 aliphatic carbocycles. The zero-order chi connectivity index (χ0) is 46.1. The van der Waals surface area contributed by atoms with E-state index in [2.05, 4.69) is 74.9 Å². The number of likely N-dealkylation sites (tertiary alicyclic amines) is 1. The fourth-order valence-corrected chi connectivity index (χ4v) is 14.8. The van der Waals surface area contributed by atoms with Gasteiger partial charge >= 0.3 is 17.9 Å². The summed E-state index contributed by atoms with van der Waals surface area (Å²) in [5.41, 5.74) is -1.40. The molecule has 0 amide bonds. The molecule has 2 bridgehead atoms. The van der Waals surface area contributed by atoms with Crippen molar-refractivity contribution in [2.24, 2.45) is 22.7 Å². The maximum Gasteiger partial charge on any atom is 0.347 e. The topological polar surface area (TPSA) is 150 Å². The molecule has 14 nitrogen and oxygen atoms in total. The van der Waals surface area contributed by atoms with Crippen LogP contribution in [0.1, 0.15) is 69.7 Å². The number of ether oxygens (including phenoxy) is 5. The summed E-state index contributed by atoms with van der Waals surface area (Å²) in [4.78, 5) is 56.3. The van der Waals surface area contributed by atoms with E-state index >= 15 is 4.79 Å². The van der Waals surface area contributed by atoms with Gasteiger partial charge in [0.1, 0.15) is 5.41 Å². The number of nitrogens with zero attached hydrogens (tertiary/aromatic N) is 4. The van der Waals surface area contributed by atoms with Crippen LogP contribution < -0.4 is 0 Å². The molecular formula is C51H65N5O9. The molecule has 7 heterocycles. The van der Waals surface area contributed by atoms with Gasteiger partial charge in [-0.1, -0.05) is 43.9 Å². The van der Waals surface area contributed by atoms with Crippen molar-refractivity contribution in [2.45, 2.75) is 99.9 Å². The zero-order valence-electron chi connectivity index (χ0n) is 39.4. The number of carbonyl (C=O) groups is 3. The van der Waals surface area contributed by atoms with Crippen molar-refractivity contribution in [1.82, 2.24) is 24.6 Å². The molecule has 1 saturated carbocycles. The Kier molecular flexibility index (Phi) is 10.4. The lowest BCUT2D eigenvalue weighted by molar-refractivity contribution is -0.182. The van der Waals surface area contributed by atoms with E-state index < -0.39 is 63.2 Å². The van der Waals surface area contributed by atoms with Gasteiger partial charge in [0.2, 0.25) is 0 Å². The second-order valence-corrected chi connectivity index (χ2v) is 20.4. The predicted molar refractivity (Wildman–Crippen MR) is 242 cm³/mol. The van der Waals surface area contributed by atoms with Gasteiger partial charge in [-0.2, -0.15) is 0 Å². The van der Waals surface area contributed by atoms with E-state index in [1.807, 2.05) is 39.0 Å². The van der Waals surface area contributed by atoms with Crippen LogP contribution in [0.15, 0.2) is 53.8 Å². The summed E-state index contributed by atoms with van der Waals surface area (Å²) >= 11 is 0. The van der Waals surface area contributed by atoms with Crippen molar-refractivity contribution in [3.8, 4) is 11.8 Å². The molecule has 2 N–H and O–H groups in total. The van der Waals surface area contributed by atoms with E-state index in [0.717, 1.165) is 45.5 Å². The molecule has 3 unspecified atom stereocenters. The molecule has 65 heavy (non-hydrogen) atoms. The lowest BCUT2D eigenvalue weighted by Gasteiger charge is -2.58. The van der Waals surface area contributed by atoms with Crippen LogP contribution in [0, 0.1) is 34.5 Å². The van der Waals surface area contributed by atoms with Gasteiger partial charge in [-0.3, -0.25) is 24.3 Å². The predicted octanol–water partition coefficient (Wildman–Crippen LogP) is 3.91. The lowest BCUT2D eigenvalue weighted by Crippen LogP contribution is -2.73. The third kappa shape index (κ3) is 5.72. The van der Waals surface area contributed by atoms with Gasteiger partial charge in [-0.25, -0.2) is 4.79 Å². The number of hydrogen-bond donors (Lipinski definition) is 2. The van der Waals surface area contributed by atoms with Crippen molar-refractivity contribution in [3.63, 3.8) is 0 Å². The number of fused-ring (bicyclic) bond motifs is 6. The number of epoxide rings is 1. The number of aromatic nitrogens is 1. The Labute approximate surface area is 382 Å². The third-order valence-electron chi connectivity index (χ3n) is 17.2. The standard InChI is InChI=1S/C51H65N5O9/c1-10-46(60)27-33-28-48(44(58)62-8,41-34(17-22-55(29-33)30-46)35-24-32(14-12-20-53(4)5)15-16-38(35)52-41)37-25-36-39(26-40(37)61-7)54(6)51-49(36)19-23-56-21-13-18-47(11-2,42(49)56)43(64-31(3)57)50(51,65-51)45(59)63-9/h13,15-16,18,24-26,33,37,40,42-43,52,60H,10-11,17,19-23,27-30H2,1-9H3/t33-,37?,40?,42+,43-,46+,47-,48+,49-,50+,51+/m1/s1. The average molecular weight is 892 g/mol. The van der Waals surface area contributed by atoms with Crippen LogP contribution >= 0.6 is 0 Å². The number of rotatable bonds is 8. The van der Waals surface area contributed by atoms with Gasteiger partial charge in [-0.05, 0) is 100 Å². The lowest BCUT2D eigenvalue weighted by atomic mass is 9.48. The number of hydrogen-bond acceptors (Lipinski definition) is 13. The van der Waals surface area contributed by atoms with Crippen LogP contribution in [-0.4, -0.2) is 165 Å². The quantitative estimate of drug-likeness (QED) is 0.130. The summed E-state index contributed by atoms with van der Waals surface area (Å²) in [5, 5.41) is 13.2. The van der Waals surface area contributed by atoms with E-state index in [-0.39, 0.29) is 17.9 Å². The minimum atomic E-state index is -1.66. The minimum Gasteiger partial charge on any atom is -0.468 e. The molecule has 14 heteroatoms. The molecule has 8 aliphatic rings. The number of carbonyl (C=O) groups excluding carboxylic acids is 3. The number of esters is 3. The number of piperidine rings is 1. The molecule has 2 spiro atoms. The van der Waals surface area contributed by atoms with Crippen molar-refractivity contribution < 1.29 is 43.2 Å². The highest BCUT2D eigenvalue weighted by atomic mass is 16.7. The summed E-state index contributed by atoms with van der Waals surface area (Å²) in [6.45, 7) is 9.52. The van der Waals surface area contributed by atoms with Crippen LogP contribution in [0.3, 0.4) is 0 Å². The average Bonchev–Trinajstić information content (AvgIpc) is 3.54. The number of aromatic amines is 1. The fraction of sp³-hybridized carbons (Fsp3) is 0.627. The first-order valence-electron chi connectivity index (χ1n) is 23.5. The third-order valence-corrected chi connectivity index (χ3v) is 17.2. The summed E-state index contributed by atoms with van der Waals surface area (Å²) in [6.07, 6.45) is 10.4. The van der Waals surface area contributed by atoms with Gasteiger partial charge in [0.05, 0.1) is 37.9 Å². The number of allylic oxidation sites excluding steroid dienone is 1. The summed E-state index contributed by atoms with van der Waals surface area (Å²) in [6, 6.07) is 6.00. The van der Waals surface area contributed by atoms with E-state index in [0.29, 0.717) is 71.2 Å². The molecule has 12 atom stereocenters. The van der Waals surface area contributed by atoms with Gasteiger partial charge in [0, 0.05) is 92.5 Å². The number of aliphatic hydroxyl groups is 1. The van der Waals surface area contributed by atoms with Crippen LogP contribution in [-0.2, 0) is 49.9 Å². The Morgan fingerprint density at radius 3 is 2.52 bits per heavy atom. The number of nitrogens with one attached hydrogen (secondary N) is 1. The highest BCUT2D eigenvalue weighted by Gasteiger charge is 2.99. The van der Waals surface area contributed by atoms with Gasteiger partial charge in [-0.15, -0.1) is 0 Å². The summed E-state index contributed by atoms with van der Waals surface area (Å²) in [7, 11) is 10.5. The molecule has 348 valence electrons. The molecule has 0 radical (unpaired) electrons. The first-order valence-corrected chi connectivity index (χ1v) is 23.5. The van der Waals surface area contributed by atoms with Crippen molar-refractivity contribution in [3.05, 3.63) is 70.6 Å². The minimum absolute atomic E-state index is 0.0780. The van der Waals surface area contributed by atoms with E-state index in [1.54, 1.807) is 7.11 Å². The Hall–Kier alpha value is -4.49. The smallest absolute Gasteiger partial charge is 0.347 e. The fourth-order valence-electron chi connectivity index (χ4n) is 14.8.